The fraction of sp³-hybridized carbons (Fsp3) is 0.529. The number of thiazole rings is 1. The Balaban J connectivity index is 1.92. The number of ether oxygens (including phenoxy) is 1. The van der Waals surface area contributed by atoms with Crippen LogP contribution in [0, 0.1) is 5.92 Å². The largest absolute Gasteiger partial charge is 0.467 e. The molecule has 0 bridgehead atoms. The Morgan fingerprint density at radius 1 is 1.43 bits per heavy atom. The number of hydrogen-bond acceptors (Lipinski definition) is 5. The van der Waals surface area contributed by atoms with Crippen LogP contribution in [-0.4, -0.2) is 24.1 Å². The lowest BCUT2D eigenvalue weighted by molar-refractivity contribution is -0.121. The van der Waals surface area contributed by atoms with Gasteiger partial charge in [0.2, 0.25) is 5.91 Å². The van der Waals surface area contributed by atoms with E-state index in [1.165, 1.54) is 0 Å². The fourth-order valence-corrected chi connectivity index (χ4v) is 2.85. The van der Waals surface area contributed by atoms with Crippen LogP contribution in [0.4, 0.5) is 0 Å². The molecule has 1 N–H and O–H groups in total. The van der Waals surface area contributed by atoms with E-state index in [0.717, 1.165) is 17.1 Å². The molecule has 0 radical (unpaired) electrons. The van der Waals surface area contributed by atoms with E-state index in [1.54, 1.807) is 17.6 Å². The quantitative estimate of drug-likeness (QED) is 0.762. The van der Waals surface area contributed by atoms with Gasteiger partial charge in [-0.3, -0.25) is 4.79 Å². The molecule has 1 atom stereocenters. The van der Waals surface area contributed by atoms with Gasteiger partial charge in [0.25, 0.3) is 0 Å². The standard InChI is InChI=1S/C17H24N2O3S/c1-4-17-18-13(11-23-17)8-16(20)19-14(10-21-9-12(2)3)15-6-5-7-22-15/h5-7,11-12,14H,4,8-10H2,1-3H3,(H,19,20)/t14-/m0/s1. The van der Waals surface area contributed by atoms with Crippen LogP contribution in [0.3, 0.4) is 0 Å². The highest BCUT2D eigenvalue weighted by Gasteiger charge is 2.18. The summed E-state index contributed by atoms with van der Waals surface area (Å²) in [6.45, 7) is 7.29. The molecule has 0 fully saturated rings. The number of nitrogens with one attached hydrogen (secondary N) is 1. The van der Waals surface area contributed by atoms with Crippen molar-refractivity contribution in [2.45, 2.75) is 39.7 Å². The van der Waals surface area contributed by atoms with Crippen molar-refractivity contribution in [3.63, 3.8) is 0 Å². The first-order valence-corrected chi connectivity index (χ1v) is 8.80. The minimum absolute atomic E-state index is 0.0764. The Hall–Kier alpha value is -1.66. The van der Waals surface area contributed by atoms with E-state index in [-0.39, 0.29) is 18.4 Å². The second kappa shape index (κ2) is 8.84. The molecule has 2 heterocycles. The number of aromatic nitrogens is 1. The first-order chi connectivity index (χ1) is 11.1. The number of furan rings is 1. The average Bonchev–Trinajstić information content (AvgIpc) is 3.17. The molecule has 126 valence electrons. The lowest BCUT2D eigenvalue weighted by Gasteiger charge is -2.17. The third-order valence-corrected chi connectivity index (χ3v) is 4.24. The van der Waals surface area contributed by atoms with Gasteiger partial charge < -0.3 is 14.5 Å². The zero-order valence-corrected chi connectivity index (χ0v) is 14.7. The smallest absolute Gasteiger partial charge is 0.226 e. The molecule has 0 saturated carbocycles. The first kappa shape index (κ1) is 17.7. The summed E-state index contributed by atoms with van der Waals surface area (Å²) in [4.78, 5) is 16.7. The summed E-state index contributed by atoms with van der Waals surface area (Å²) in [5, 5.41) is 5.97. The van der Waals surface area contributed by atoms with Crippen molar-refractivity contribution in [2.24, 2.45) is 5.92 Å². The molecular weight excluding hydrogens is 312 g/mol. The Morgan fingerprint density at radius 3 is 2.87 bits per heavy atom. The molecule has 0 aromatic carbocycles. The predicted octanol–water partition coefficient (Wildman–Crippen LogP) is 3.37. The van der Waals surface area contributed by atoms with Crippen molar-refractivity contribution in [1.82, 2.24) is 10.3 Å². The third kappa shape index (κ3) is 5.80. The van der Waals surface area contributed by atoms with E-state index in [2.05, 4.69) is 31.1 Å². The van der Waals surface area contributed by atoms with E-state index in [9.17, 15) is 4.79 Å². The van der Waals surface area contributed by atoms with Gasteiger partial charge in [-0.2, -0.15) is 0 Å². The van der Waals surface area contributed by atoms with E-state index in [0.29, 0.717) is 24.9 Å². The summed E-state index contributed by atoms with van der Waals surface area (Å²) in [6.07, 6.45) is 2.77. The molecule has 6 heteroatoms. The molecule has 0 aliphatic heterocycles. The number of carbonyl (C=O) groups is 1. The Bertz CT molecular complexity index is 593. The van der Waals surface area contributed by atoms with E-state index in [4.69, 9.17) is 9.15 Å². The molecule has 0 unspecified atom stereocenters. The molecule has 0 aliphatic rings. The lowest BCUT2D eigenvalue weighted by Crippen LogP contribution is -2.32. The first-order valence-electron chi connectivity index (χ1n) is 7.92. The van der Waals surface area contributed by atoms with Crippen molar-refractivity contribution in [2.75, 3.05) is 13.2 Å². The maximum Gasteiger partial charge on any atom is 0.226 e. The van der Waals surface area contributed by atoms with Gasteiger partial charge >= 0.3 is 0 Å². The summed E-state index contributed by atoms with van der Waals surface area (Å²) < 4.78 is 11.1. The van der Waals surface area contributed by atoms with Gasteiger partial charge in [-0.15, -0.1) is 11.3 Å². The summed E-state index contributed by atoms with van der Waals surface area (Å²) in [5.41, 5.74) is 0.811. The molecule has 0 saturated heterocycles. The molecule has 2 rings (SSSR count). The number of amides is 1. The summed E-state index contributed by atoms with van der Waals surface area (Å²) in [5.74, 6) is 1.08. The van der Waals surface area contributed by atoms with Crippen LogP contribution in [0.5, 0.6) is 0 Å². The van der Waals surface area contributed by atoms with Crippen LogP contribution in [0.15, 0.2) is 28.2 Å². The van der Waals surface area contributed by atoms with Crippen molar-refractivity contribution in [1.29, 1.82) is 0 Å². The van der Waals surface area contributed by atoms with Crippen molar-refractivity contribution in [3.8, 4) is 0 Å². The zero-order valence-electron chi connectivity index (χ0n) is 13.9. The predicted molar refractivity (Wildman–Crippen MR) is 90.4 cm³/mol. The minimum atomic E-state index is -0.277. The van der Waals surface area contributed by atoms with Crippen LogP contribution in [-0.2, 0) is 22.4 Å². The van der Waals surface area contributed by atoms with Crippen LogP contribution in [0.1, 0.15) is 43.3 Å². The topological polar surface area (TPSA) is 64.4 Å². The van der Waals surface area contributed by atoms with Crippen molar-refractivity contribution in [3.05, 3.63) is 40.2 Å². The van der Waals surface area contributed by atoms with Crippen molar-refractivity contribution >= 4 is 17.2 Å². The Labute approximate surface area is 141 Å². The number of carbonyl (C=O) groups excluding carboxylic acids is 1. The number of hydrogen-bond donors (Lipinski definition) is 1. The normalized spacial score (nSPS) is 12.5. The van der Waals surface area contributed by atoms with Gasteiger partial charge in [-0.25, -0.2) is 4.98 Å². The van der Waals surface area contributed by atoms with Crippen LogP contribution >= 0.6 is 11.3 Å². The molecular formula is C17H24N2O3S. The molecule has 0 spiro atoms. The molecule has 23 heavy (non-hydrogen) atoms. The van der Waals surface area contributed by atoms with Crippen LogP contribution < -0.4 is 5.32 Å². The van der Waals surface area contributed by atoms with Gasteiger partial charge in [0, 0.05) is 12.0 Å². The number of nitrogens with zero attached hydrogens (tertiary/aromatic N) is 1. The highest BCUT2D eigenvalue weighted by molar-refractivity contribution is 7.09. The van der Waals surface area contributed by atoms with Gasteiger partial charge in [0.1, 0.15) is 11.8 Å². The second-order valence-corrected chi connectivity index (χ2v) is 6.77. The average molecular weight is 336 g/mol. The van der Waals surface area contributed by atoms with Gasteiger partial charge in [-0.1, -0.05) is 20.8 Å². The van der Waals surface area contributed by atoms with E-state index < -0.39 is 0 Å². The second-order valence-electron chi connectivity index (χ2n) is 5.83. The van der Waals surface area contributed by atoms with E-state index in [1.807, 2.05) is 17.5 Å². The monoisotopic (exact) mass is 336 g/mol. The maximum absolute atomic E-state index is 12.3. The fourth-order valence-electron chi connectivity index (χ4n) is 2.11. The molecule has 2 aromatic heterocycles. The van der Waals surface area contributed by atoms with Gasteiger partial charge in [0.05, 0.1) is 30.0 Å². The van der Waals surface area contributed by atoms with Crippen LogP contribution in [0.25, 0.3) is 0 Å². The highest BCUT2D eigenvalue weighted by atomic mass is 32.1. The Kier molecular flexibility index (Phi) is 6.80. The summed E-state index contributed by atoms with van der Waals surface area (Å²) >= 11 is 1.59. The van der Waals surface area contributed by atoms with Crippen LogP contribution in [0.2, 0.25) is 0 Å². The SMILES string of the molecule is CCc1nc(CC(=O)N[C@@H](COCC(C)C)c2ccco2)cs1. The van der Waals surface area contributed by atoms with E-state index >= 15 is 0 Å². The minimum Gasteiger partial charge on any atom is -0.467 e. The number of rotatable bonds is 9. The zero-order chi connectivity index (χ0) is 16.7. The lowest BCUT2D eigenvalue weighted by atomic mass is 10.2. The third-order valence-electron chi connectivity index (χ3n) is 3.20. The molecule has 1 amide bonds. The molecule has 2 aromatic rings. The summed E-state index contributed by atoms with van der Waals surface area (Å²) in [6, 6.07) is 3.38. The molecule has 0 aliphatic carbocycles. The highest BCUT2D eigenvalue weighted by Crippen LogP contribution is 2.16. The Morgan fingerprint density at radius 2 is 2.26 bits per heavy atom. The van der Waals surface area contributed by atoms with Crippen molar-refractivity contribution < 1.29 is 13.9 Å². The van der Waals surface area contributed by atoms with Gasteiger partial charge in [-0.05, 0) is 24.5 Å². The van der Waals surface area contributed by atoms with Gasteiger partial charge in [0.15, 0.2) is 0 Å². The molecule has 5 nitrogen and oxygen atoms in total. The summed E-state index contributed by atoms with van der Waals surface area (Å²) in [7, 11) is 0. The maximum atomic E-state index is 12.3. The number of aryl methyl sites for hydroxylation is 1.